The highest BCUT2D eigenvalue weighted by molar-refractivity contribution is 5.71. The van der Waals surface area contributed by atoms with Crippen molar-refractivity contribution < 1.29 is 14.3 Å². The van der Waals surface area contributed by atoms with E-state index < -0.39 is 0 Å². The van der Waals surface area contributed by atoms with E-state index in [0.717, 1.165) is 0 Å². The molecule has 0 aromatic rings. The summed E-state index contributed by atoms with van der Waals surface area (Å²) in [4.78, 5) is 13.3. The van der Waals surface area contributed by atoms with Crippen LogP contribution in [0.5, 0.6) is 0 Å². The zero-order valence-electron chi connectivity index (χ0n) is 10.2. The number of esters is 1. The molecule has 0 heterocycles. The minimum atomic E-state index is -0.260. The van der Waals surface area contributed by atoms with E-state index in [1.807, 2.05) is 18.7 Å². The molecule has 0 fully saturated rings. The van der Waals surface area contributed by atoms with Gasteiger partial charge in [-0.1, -0.05) is 0 Å². The second-order valence-electron chi connectivity index (χ2n) is 3.72. The molecule has 0 atom stereocenters. The van der Waals surface area contributed by atoms with Crippen molar-refractivity contribution in [2.45, 2.75) is 26.4 Å². The van der Waals surface area contributed by atoms with E-state index in [0.29, 0.717) is 26.1 Å². The Hall–Kier alpha value is -1.12. The Bertz CT molecular complexity index is 236. The lowest BCUT2D eigenvalue weighted by atomic mass is 10.4. The Labute approximate surface area is 96.9 Å². The van der Waals surface area contributed by atoms with Crippen LogP contribution in [0.15, 0.2) is 0 Å². The molecule has 0 aromatic carbocycles. The fourth-order valence-electron chi connectivity index (χ4n) is 1.18. The van der Waals surface area contributed by atoms with Gasteiger partial charge in [-0.2, -0.15) is 5.26 Å². The molecule has 0 N–H and O–H groups in total. The Morgan fingerprint density at radius 3 is 2.62 bits per heavy atom. The van der Waals surface area contributed by atoms with Gasteiger partial charge < -0.3 is 9.47 Å². The van der Waals surface area contributed by atoms with E-state index in [4.69, 9.17) is 14.7 Å². The van der Waals surface area contributed by atoms with Gasteiger partial charge in [-0.3, -0.25) is 9.69 Å². The molecule has 16 heavy (non-hydrogen) atoms. The fraction of sp³-hybridized carbons (Fsp3) is 0.818. The first-order chi connectivity index (χ1) is 7.60. The normalized spacial score (nSPS) is 10.5. The summed E-state index contributed by atoms with van der Waals surface area (Å²) < 4.78 is 9.97. The number of ether oxygens (including phenoxy) is 2. The third-order valence-corrected chi connectivity index (χ3v) is 1.87. The Kier molecular flexibility index (Phi) is 8.49. The molecule has 0 saturated heterocycles. The van der Waals surface area contributed by atoms with E-state index >= 15 is 0 Å². The fourth-order valence-corrected chi connectivity index (χ4v) is 1.18. The standard InChI is InChI=1S/C11H20N2O3/c1-10(2)16-11(14)9-13(6-4-5-12)7-8-15-3/h10H,4,6-9H2,1-3H3. The van der Waals surface area contributed by atoms with Crippen molar-refractivity contribution in [1.82, 2.24) is 4.90 Å². The first-order valence-corrected chi connectivity index (χ1v) is 5.37. The molecule has 0 radical (unpaired) electrons. The van der Waals surface area contributed by atoms with Crippen molar-refractivity contribution in [1.29, 1.82) is 5.26 Å². The zero-order chi connectivity index (χ0) is 12.4. The van der Waals surface area contributed by atoms with Crippen LogP contribution in [0.4, 0.5) is 0 Å². The quantitative estimate of drug-likeness (QED) is 0.575. The second-order valence-corrected chi connectivity index (χ2v) is 3.72. The molecule has 0 rings (SSSR count). The van der Waals surface area contributed by atoms with Crippen LogP contribution in [0.1, 0.15) is 20.3 Å². The number of nitriles is 1. The lowest BCUT2D eigenvalue weighted by molar-refractivity contribution is -0.148. The molecule has 0 aliphatic carbocycles. The predicted molar refractivity (Wildman–Crippen MR) is 59.8 cm³/mol. The van der Waals surface area contributed by atoms with Crippen molar-refractivity contribution in [3.63, 3.8) is 0 Å². The summed E-state index contributed by atoms with van der Waals surface area (Å²) in [6.45, 7) is 5.57. The van der Waals surface area contributed by atoms with Crippen LogP contribution in [0.2, 0.25) is 0 Å². The number of methoxy groups -OCH3 is 1. The van der Waals surface area contributed by atoms with E-state index in [1.54, 1.807) is 7.11 Å². The number of rotatable bonds is 8. The monoisotopic (exact) mass is 228 g/mol. The van der Waals surface area contributed by atoms with Crippen molar-refractivity contribution in [2.75, 3.05) is 33.4 Å². The highest BCUT2D eigenvalue weighted by atomic mass is 16.5. The Morgan fingerprint density at radius 1 is 1.44 bits per heavy atom. The molecule has 5 heteroatoms. The van der Waals surface area contributed by atoms with E-state index in [1.165, 1.54) is 0 Å². The van der Waals surface area contributed by atoms with E-state index in [2.05, 4.69) is 6.07 Å². The third kappa shape index (κ3) is 8.21. The number of carbonyl (C=O) groups is 1. The smallest absolute Gasteiger partial charge is 0.320 e. The first kappa shape index (κ1) is 14.9. The molecule has 0 aliphatic rings. The molecule has 0 spiro atoms. The number of hydrogen-bond donors (Lipinski definition) is 0. The minimum absolute atomic E-state index is 0.104. The number of carbonyl (C=O) groups excluding carboxylic acids is 1. The van der Waals surface area contributed by atoms with Crippen LogP contribution in [0, 0.1) is 11.3 Å². The Balaban J connectivity index is 3.98. The molecule has 0 saturated carbocycles. The second kappa shape index (κ2) is 9.13. The van der Waals surface area contributed by atoms with Gasteiger partial charge in [0, 0.05) is 26.6 Å². The van der Waals surface area contributed by atoms with Crippen molar-refractivity contribution in [3.8, 4) is 6.07 Å². The highest BCUT2D eigenvalue weighted by Crippen LogP contribution is 1.96. The van der Waals surface area contributed by atoms with Gasteiger partial charge in [0.1, 0.15) is 0 Å². The van der Waals surface area contributed by atoms with Gasteiger partial charge in [0.25, 0.3) is 0 Å². The average molecular weight is 228 g/mol. The van der Waals surface area contributed by atoms with E-state index in [-0.39, 0.29) is 18.6 Å². The summed E-state index contributed by atoms with van der Waals surface area (Å²) in [5, 5.41) is 8.50. The maximum Gasteiger partial charge on any atom is 0.320 e. The van der Waals surface area contributed by atoms with Gasteiger partial charge in [-0.25, -0.2) is 0 Å². The summed E-state index contributed by atoms with van der Waals surface area (Å²) in [5.74, 6) is -0.260. The van der Waals surface area contributed by atoms with Crippen LogP contribution in [0.3, 0.4) is 0 Å². The van der Waals surface area contributed by atoms with Crippen LogP contribution >= 0.6 is 0 Å². The third-order valence-electron chi connectivity index (χ3n) is 1.87. The first-order valence-electron chi connectivity index (χ1n) is 5.37. The maximum atomic E-state index is 11.4. The van der Waals surface area contributed by atoms with Gasteiger partial charge in [-0.05, 0) is 13.8 Å². The summed E-state index contributed by atoms with van der Waals surface area (Å²) in [5.41, 5.74) is 0. The average Bonchev–Trinajstić information content (AvgIpc) is 2.20. The largest absolute Gasteiger partial charge is 0.462 e. The summed E-state index contributed by atoms with van der Waals surface area (Å²) in [6.07, 6.45) is 0.298. The van der Waals surface area contributed by atoms with Gasteiger partial charge in [-0.15, -0.1) is 0 Å². The van der Waals surface area contributed by atoms with Gasteiger partial charge in [0.2, 0.25) is 0 Å². The molecule has 0 aromatic heterocycles. The van der Waals surface area contributed by atoms with Crippen LogP contribution in [-0.2, 0) is 14.3 Å². The number of hydrogen-bond acceptors (Lipinski definition) is 5. The molecule has 0 unspecified atom stereocenters. The topological polar surface area (TPSA) is 62.6 Å². The molecular formula is C11H20N2O3. The van der Waals surface area contributed by atoms with E-state index in [9.17, 15) is 4.79 Å². The molecular weight excluding hydrogens is 208 g/mol. The summed E-state index contributed by atoms with van der Waals surface area (Å²) in [7, 11) is 1.61. The van der Waals surface area contributed by atoms with Crippen molar-refractivity contribution in [2.24, 2.45) is 0 Å². The Morgan fingerprint density at radius 2 is 2.12 bits per heavy atom. The SMILES string of the molecule is COCCN(CCC#N)CC(=O)OC(C)C. The molecule has 0 bridgehead atoms. The van der Waals surface area contributed by atoms with Gasteiger partial charge in [0.05, 0.1) is 25.3 Å². The lowest BCUT2D eigenvalue weighted by Crippen LogP contribution is -2.35. The summed E-state index contributed by atoms with van der Waals surface area (Å²) >= 11 is 0. The zero-order valence-corrected chi connectivity index (χ0v) is 10.2. The molecule has 5 nitrogen and oxygen atoms in total. The van der Waals surface area contributed by atoms with Gasteiger partial charge in [0.15, 0.2) is 0 Å². The summed E-state index contributed by atoms with van der Waals surface area (Å²) in [6, 6.07) is 2.05. The molecule has 92 valence electrons. The molecule has 0 amide bonds. The van der Waals surface area contributed by atoms with Crippen LogP contribution in [-0.4, -0.2) is 50.3 Å². The molecule has 0 aliphatic heterocycles. The predicted octanol–water partition coefficient (Wildman–Crippen LogP) is 0.800. The van der Waals surface area contributed by atoms with Crippen LogP contribution in [0.25, 0.3) is 0 Å². The minimum Gasteiger partial charge on any atom is -0.462 e. The number of nitrogens with zero attached hydrogens (tertiary/aromatic N) is 2. The maximum absolute atomic E-state index is 11.4. The highest BCUT2D eigenvalue weighted by Gasteiger charge is 2.12. The van der Waals surface area contributed by atoms with Gasteiger partial charge >= 0.3 is 5.97 Å². The van der Waals surface area contributed by atoms with Crippen molar-refractivity contribution in [3.05, 3.63) is 0 Å². The van der Waals surface area contributed by atoms with Crippen molar-refractivity contribution >= 4 is 5.97 Å². The van der Waals surface area contributed by atoms with Crippen LogP contribution < -0.4 is 0 Å². The lowest BCUT2D eigenvalue weighted by Gasteiger charge is -2.20.